The van der Waals surface area contributed by atoms with Gasteiger partial charge in [-0.25, -0.2) is 0 Å². The minimum atomic E-state index is -0.129. The molecule has 3 heteroatoms. The molecule has 1 aromatic carbocycles. The molecule has 0 nitrogen and oxygen atoms in total. The van der Waals surface area contributed by atoms with Crippen LogP contribution < -0.4 is 0 Å². The summed E-state index contributed by atoms with van der Waals surface area (Å²) in [5, 5.41) is 0.859. The molecule has 0 saturated carbocycles. The summed E-state index contributed by atoms with van der Waals surface area (Å²) in [5.74, 6) is 0. The van der Waals surface area contributed by atoms with Crippen molar-refractivity contribution in [3.63, 3.8) is 0 Å². The molecule has 0 unspecified atom stereocenters. The lowest BCUT2D eigenvalue weighted by Crippen LogP contribution is -1.77. The first-order chi connectivity index (χ1) is 6.24. The van der Waals surface area contributed by atoms with E-state index in [0.29, 0.717) is 4.47 Å². The van der Waals surface area contributed by atoms with Crippen LogP contribution in [0.15, 0.2) is 22.7 Å². The van der Waals surface area contributed by atoms with Crippen molar-refractivity contribution < 1.29 is 4.39 Å². The van der Waals surface area contributed by atoms with E-state index in [1.807, 2.05) is 18.2 Å². The lowest BCUT2D eigenvalue weighted by Gasteiger charge is -1.96. The summed E-state index contributed by atoms with van der Waals surface area (Å²) in [5.41, 5.74) is 1.21. The Hall–Kier alpha value is -0.410. The second kappa shape index (κ2) is 3.39. The van der Waals surface area contributed by atoms with E-state index >= 15 is 0 Å². The predicted molar refractivity (Wildman–Crippen MR) is 58.9 cm³/mol. The topological polar surface area (TPSA) is 0 Å². The molecule has 0 radical (unpaired) electrons. The first-order valence-electron chi connectivity index (χ1n) is 4.09. The monoisotopic (exact) mass is 258 g/mol. The van der Waals surface area contributed by atoms with Crippen molar-refractivity contribution in [3.05, 3.63) is 33.4 Å². The maximum Gasteiger partial charge on any atom is 0.191 e. The van der Waals surface area contributed by atoms with Crippen LogP contribution in [-0.2, 0) is 6.42 Å². The zero-order valence-corrected chi connectivity index (χ0v) is 9.51. The third kappa shape index (κ3) is 1.40. The van der Waals surface area contributed by atoms with E-state index in [9.17, 15) is 4.39 Å². The third-order valence-corrected chi connectivity index (χ3v) is 4.19. The molecule has 13 heavy (non-hydrogen) atoms. The van der Waals surface area contributed by atoms with Gasteiger partial charge in [0, 0.05) is 10.1 Å². The van der Waals surface area contributed by atoms with E-state index in [4.69, 9.17) is 0 Å². The average molecular weight is 259 g/mol. The van der Waals surface area contributed by atoms with Gasteiger partial charge in [0.15, 0.2) is 5.13 Å². The van der Waals surface area contributed by atoms with Crippen LogP contribution in [0.1, 0.15) is 12.5 Å². The number of rotatable bonds is 1. The summed E-state index contributed by atoms with van der Waals surface area (Å²) < 4.78 is 14.9. The minimum absolute atomic E-state index is 0.129. The second-order valence-corrected chi connectivity index (χ2v) is 4.60. The maximum atomic E-state index is 13.2. The Morgan fingerprint density at radius 2 is 2.23 bits per heavy atom. The molecular formula is C10H8BrFS. The predicted octanol–water partition coefficient (Wildman–Crippen LogP) is 4.37. The van der Waals surface area contributed by atoms with Crippen LogP contribution in [0.2, 0.25) is 0 Å². The highest BCUT2D eigenvalue weighted by atomic mass is 79.9. The van der Waals surface area contributed by atoms with Gasteiger partial charge in [-0.3, -0.25) is 0 Å². The first-order valence-corrected chi connectivity index (χ1v) is 5.70. The molecule has 0 N–H and O–H groups in total. The lowest BCUT2D eigenvalue weighted by molar-refractivity contribution is 0.652. The van der Waals surface area contributed by atoms with E-state index < -0.39 is 0 Å². The van der Waals surface area contributed by atoms with Gasteiger partial charge in [0.2, 0.25) is 0 Å². The van der Waals surface area contributed by atoms with E-state index in [-0.39, 0.29) is 5.13 Å². The van der Waals surface area contributed by atoms with Crippen LogP contribution in [0.25, 0.3) is 10.1 Å². The van der Waals surface area contributed by atoms with Crippen LogP contribution >= 0.6 is 27.3 Å². The fourth-order valence-corrected chi connectivity index (χ4v) is 3.10. The van der Waals surface area contributed by atoms with Gasteiger partial charge in [-0.05, 0) is 27.9 Å². The van der Waals surface area contributed by atoms with Crippen LogP contribution in [0.5, 0.6) is 0 Å². The van der Waals surface area contributed by atoms with Crippen LogP contribution in [0.3, 0.4) is 0 Å². The molecule has 0 aliphatic heterocycles. The Bertz CT molecular complexity index is 447. The van der Waals surface area contributed by atoms with Crippen molar-refractivity contribution in [2.45, 2.75) is 13.3 Å². The Labute approximate surface area is 88.5 Å². The SMILES string of the molecule is CCc1cccc2c(Br)c(F)sc12. The van der Waals surface area contributed by atoms with Gasteiger partial charge in [-0.15, -0.1) is 11.3 Å². The molecule has 0 saturated heterocycles. The summed E-state index contributed by atoms with van der Waals surface area (Å²) in [6.45, 7) is 2.08. The Kier molecular flexibility index (Phi) is 2.39. The van der Waals surface area contributed by atoms with Crippen molar-refractivity contribution in [1.82, 2.24) is 0 Å². The Balaban J connectivity index is 2.84. The molecule has 0 fully saturated rings. The number of aryl methyl sites for hydroxylation is 1. The van der Waals surface area contributed by atoms with Crippen molar-refractivity contribution in [2.75, 3.05) is 0 Å². The maximum absolute atomic E-state index is 13.2. The highest BCUT2D eigenvalue weighted by molar-refractivity contribution is 9.10. The molecule has 1 aromatic heterocycles. The zero-order valence-electron chi connectivity index (χ0n) is 7.10. The fraction of sp³-hybridized carbons (Fsp3) is 0.200. The molecule has 0 bridgehead atoms. The molecule has 0 aliphatic rings. The number of hydrogen-bond donors (Lipinski definition) is 0. The third-order valence-electron chi connectivity index (χ3n) is 2.08. The molecule has 1 heterocycles. The highest BCUT2D eigenvalue weighted by Crippen LogP contribution is 2.36. The minimum Gasteiger partial charge on any atom is -0.194 e. The van der Waals surface area contributed by atoms with Gasteiger partial charge in [0.25, 0.3) is 0 Å². The van der Waals surface area contributed by atoms with E-state index in [1.165, 1.54) is 16.9 Å². The number of thiophene rings is 1. The van der Waals surface area contributed by atoms with Gasteiger partial charge in [-0.1, -0.05) is 25.1 Å². The van der Waals surface area contributed by atoms with E-state index in [1.54, 1.807) is 0 Å². The van der Waals surface area contributed by atoms with Crippen LogP contribution in [0.4, 0.5) is 4.39 Å². The van der Waals surface area contributed by atoms with Crippen molar-refractivity contribution in [1.29, 1.82) is 0 Å². The first kappa shape index (κ1) is 9.16. The zero-order chi connectivity index (χ0) is 9.42. The van der Waals surface area contributed by atoms with Gasteiger partial charge < -0.3 is 0 Å². The van der Waals surface area contributed by atoms with Crippen molar-refractivity contribution in [2.24, 2.45) is 0 Å². The van der Waals surface area contributed by atoms with Gasteiger partial charge in [-0.2, -0.15) is 4.39 Å². The normalized spacial score (nSPS) is 11.0. The van der Waals surface area contributed by atoms with Crippen LogP contribution in [-0.4, -0.2) is 0 Å². The summed E-state index contributed by atoms with van der Waals surface area (Å²) in [6.07, 6.45) is 0.948. The van der Waals surface area contributed by atoms with Gasteiger partial charge in [0.1, 0.15) is 0 Å². The lowest BCUT2D eigenvalue weighted by atomic mass is 10.1. The molecule has 2 aromatic rings. The highest BCUT2D eigenvalue weighted by Gasteiger charge is 2.10. The Morgan fingerprint density at radius 1 is 1.46 bits per heavy atom. The average Bonchev–Trinajstić information content (AvgIpc) is 2.43. The van der Waals surface area contributed by atoms with Gasteiger partial charge in [0.05, 0.1) is 4.47 Å². The smallest absolute Gasteiger partial charge is 0.191 e. The Morgan fingerprint density at radius 3 is 2.92 bits per heavy atom. The quantitative estimate of drug-likeness (QED) is 0.713. The summed E-state index contributed by atoms with van der Waals surface area (Å²) in [4.78, 5) is 0. The standard InChI is InChI=1S/C10H8BrFS/c1-2-6-4-3-5-7-8(11)10(12)13-9(6)7/h3-5H,2H2,1H3. The molecule has 0 aliphatic carbocycles. The van der Waals surface area contributed by atoms with Crippen LogP contribution in [0, 0.1) is 5.13 Å². The summed E-state index contributed by atoms with van der Waals surface area (Å²) in [6, 6.07) is 5.96. The van der Waals surface area contributed by atoms with Gasteiger partial charge >= 0.3 is 0 Å². The number of hydrogen-bond acceptors (Lipinski definition) is 1. The number of benzene rings is 1. The molecule has 0 amide bonds. The fourth-order valence-electron chi connectivity index (χ4n) is 1.40. The number of halogens is 2. The molecule has 0 atom stereocenters. The summed E-state index contributed by atoms with van der Waals surface area (Å²) >= 11 is 4.47. The van der Waals surface area contributed by atoms with E-state index in [0.717, 1.165) is 16.5 Å². The van der Waals surface area contributed by atoms with Crippen molar-refractivity contribution >= 4 is 37.4 Å². The number of fused-ring (bicyclic) bond motifs is 1. The molecular weight excluding hydrogens is 251 g/mol. The summed E-state index contributed by atoms with van der Waals surface area (Å²) in [7, 11) is 0. The van der Waals surface area contributed by atoms with E-state index in [2.05, 4.69) is 22.9 Å². The van der Waals surface area contributed by atoms with Crippen molar-refractivity contribution in [3.8, 4) is 0 Å². The second-order valence-electron chi connectivity index (χ2n) is 2.84. The molecule has 2 rings (SSSR count). The molecule has 0 spiro atoms. The molecule has 68 valence electrons. The largest absolute Gasteiger partial charge is 0.194 e.